The van der Waals surface area contributed by atoms with E-state index in [4.69, 9.17) is 4.74 Å². The zero-order valence-electron chi connectivity index (χ0n) is 11.6. The lowest BCUT2D eigenvalue weighted by molar-refractivity contribution is 0.340. The molecule has 1 N–H and O–H groups in total. The van der Waals surface area contributed by atoms with Gasteiger partial charge in [0, 0.05) is 6.04 Å². The van der Waals surface area contributed by atoms with E-state index in [1.807, 2.05) is 35.9 Å². The molecule has 0 amide bonds. The molecule has 0 radical (unpaired) electrons. The second kappa shape index (κ2) is 6.33. The van der Waals surface area contributed by atoms with Crippen molar-refractivity contribution in [1.29, 1.82) is 0 Å². The Balaban J connectivity index is 2.15. The van der Waals surface area contributed by atoms with Crippen LogP contribution < -0.4 is 10.1 Å². The molecule has 0 atom stereocenters. The van der Waals surface area contributed by atoms with E-state index < -0.39 is 0 Å². The third kappa shape index (κ3) is 3.54. The predicted octanol–water partition coefficient (Wildman–Crippen LogP) is 2.16. The lowest BCUT2D eigenvalue weighted by atomic mass is 10.3. The standard InChI is InChI=1S/C14H20N4O/c1-4-19-13-7-5-12(6-8-13)18-14(16-10-17-18)9-15-11(2)3/h5-8,10-11,15H,4,9H2,1-3H3. The van der Waals surface area contributed by atoms with Gasteiger partial charge in [-0.15, -0.1) is 0 Å². The lowest BCUT2D eigenvalue weighted by Crippen LogP contribution is -2.24. The normalized spacial score (nSPS) is 10.9. The molecular formula is C14H20N4O. The smallest absolute Gasteiger partial charge is 0.146 e. The number of ether oxygens (including phenoxy) is 1. The van der Waals surface area contributed by atoms with Gasteiger partial charge in [0.1, 0.15) is 17.9 Å². The molecule has 0 saturated carbocycles. The number of nitrogens with one attached hydrogen (secondary N) is 1. The average molecular weight is 260 g/mol. The Hall–Kier alpha value is -1.88. The van der Waals surface area contributed by atoms with Gasteiger partial charge in [0.05, 0.1) is 18.8 Å². The van der Waals surface area contributed by atoms with Crippen LogP contribution in [-0.2, 0) is 6.54 Å². The van der Waals surface area contributed by atoms with Crippen LogP contribution >= 0.6 is 0 Å². The third-order valence-corrected chi connectivity index (χ3v) is 2.68. The van der Waals surface area contributed by atoms with Gasteiger partial charge in [0.2, 0.25) is 0 Å². The fraction of sp³-hybridized carbons (Fsp3) is 0.429. The summed E-state index contributed by atoms with van der Waals surface area (Å²) in [7, 11) is 0. The van der Waals surface area contributed by atoms with Crippen LogP contribution in [-0.4, -0.2) is 27.4 Å². The van der Waals surface area contributed by atoms with E-state index in [2.05, 4.69) is 29.2 Å². The van der Waals surface area contributed by atoms with Gasteiger partial charge in [0.15, 0.2) is 0 Å². The maximum atomic E-state index is 5.43. The molecule has 102 valence electrons. The first-order valence-electron chi connectivity index (χ1n) is 6.56. The predicted molar refractivity (Wildman–Crippen MR) is 74.5 cm³/mol. The second-order valence-electron chi connectivity index (χ2n) is 4.55. The van der Waals surface area contributed by atoms with E-state index in [1.54, 1.807) is 6.33 Å². The number of hydrogen-bond acceptors (Lipinski definition) is 4. The number of benzene rings is 1. The van der Waals surface area contributed by atoms with Gasteiger partial charge >= 0.3 is 0 Å². The van der Waals surface area contributed by atoms with Crippen LogP contribution in [0.1, 0.15) is 26.6 Å². The van der Waals surface area contributed by atoms with Crippen molar-refractivity contribution in [2.45, 2.75) is 33.4 Å². The molecule has 5 heteroatoms. The van der Waals surface area contributed by atoms with Crippen LogP contribution in [0.3, 0.4) is 0 Å². The highest BCUT2D eigenvalue weighted by atomic mass is 16.5. The van der Waals surface area contributed by atoms with Crippen LogP contribution in [0.5, 0.6) is 5.75 Å². The Morgan fingerprint density at radius 1 is 1.26 bits per heavy atom. The Kier molecular flexibility index (Phi) is 4.52. The molecule has 2 aromatic rings. The van der Waals surface area contributed by atoms with E-state index >= 15 is 0 Å². The van der Waals surface area contributed by atoms with Gasteiger partial charge in [-0.2, -0.15) is 5.10 Å². The summed E-state index contributed by atoms with van der Waals surface area (Å²) in [6.07, 6.45) is 1.58. The van der Waals surface area contributed by atoms with Crippen LogP contribution in [0.15, 0.2) is 30.6 Å². The molecule has 0 unspecified atom stereocenters. The van der Waals surface area contributed by atoms with Gasteiger partial charge in [0.25, 0.3) is 0 Å². The summed E-state index contributed by atoms with van der Waals surface area (Å²) in [5, 5.41) is 7.61. The summed E-state index contributed by atoms with van der Waals surface area (Å²) >= 11 is 0. The Morgan fingerprint density at radius 3 is 2.63 bits per heavy atom. The van der Waals surface area contributed by atoms with Gasteiger partial charge in [-0.1, -0.05) is 13.8 Å². The van der Waals surface area contributed by atoms with Gasteiger partial charge in [-0.25, -0.2) is 9.67 Å². The molecule has 0 fully saturated rings. The third-order valence-electron chi connectivity index (χ3n) is 2.68. The van der Waals surface area contributed by atoms with Crippen molar-refractivity contribution >= 4 is 0 Å². The quantitative estimate of drug-likeness (QED) is 0.864. The number of rotatable bonds is 6. The largest absolute Gasteiger partial charge is 0.494 e. The zero-order valence-corrected chi connectivity index (χ0v) is 11.6. The first kappa shape index (κ1) is 13.5. The molecule has 0 saturated heterocycles. The summed E-state index contributed by atoms with van der Waals surface area (Å²) in [6, 6.07) is 8.28. The van der Waals surface area contributed by atoms with E-state index in [1.165, 1.54) is 0 Å². The Morgan fingerprint density at radius 2 is 2.00 bits per heavy atom. The molecule has 0 aliphatic heterocycles. The fourth-order valence-corrected chi connectivity index (χ4v) is 1.75. The molecule has 19 heavy (non-hydrogen) atoms. The second-order valence-corrected chi connectivity index (χ2v) is 4.55. The molecule has 1 heterocycles. The molecule has 0 aliphatic rings. The summed E-state index contributed by atoms with van der Waals surface area (Å²) < 4.78 is 7.27. The van der Waals surface area contributed by atoms with E-state index in [-0.39, 0.29) is 0 Å². The summed E-state index contributed by atoms with van der Waals surface area (Å²) in [5.41, 5.74) is 0.988. The van der Waals surface area contributed by atoms with Crippen molar-refractivity contribution in [2.24, 2.45) is 0 Å². The van der Waals surface area contributed by atoms with E-state index in [0.29, 0.717) is 19.2 Å². The highest BCUT2D eigenvalue weighted by Gasteiger charge is 2.07. The minimum atomic E-state index is 0.422. The minimum absolute atomic E-state index is 0.422. The highest BCUT2D eigenvalue weighted by Crippen LogP contribution is 2.15. The van der Waals surface area contributed by atoms with E-state index in [0.717, 1.165) is 17.3 Å². The maximum absolute atomic E-state index is 5.43. The number of hydrogen-bond donors (Lipinski definition) is 1. The first-order chi connectivity index (χ1) is 9.20. The van der Waals surface area contributed by atoms with Gasteiger partial charge < -0.3 is 10.1 Å². The Labute approximate surface area is 113 Å². The minimum Gasteiger partial charge on any atom is -0.494 e. The number of aromatic nitrogens is 3. The molecular weight excluding hydrogens is 240 g/mol. The van der Waals surface area contributed by atoms with Crippen LogP contribution in [0.2, 0.25) is 0 Å². The monoisotopic (exact) mass is 260 g/mol. The van der Waals surface area contributed by atoms with Gasteiger partial charge in [-0.05, 0) is 31.2 Å². The Bertz CT molecular complexity index is 504. The molecule has 5 nitrogen and oxygen atoms in total. The van der Waals surface area contributed by atoms with Crippen molar-refractivity contribution in [3.05, 3.63) is 36.4 Å². The SMILES string of the molecule is CCOc1ccc(-n2ncnc2CNC(C)C)cc1. The van der Waals surface area contributed by atoms with Crippen molar-refractivity contribution in [3.63, 3.8) is 0 Å². The summed E-state index contributed by atoms with van der Waals surface area (Å²) in [5.74, 6) is 1.77. The van der Waals surface area contributed by atoms with Crippen molar-refractivity contribution in [1.82, 2.24) is 20.1 Å². The van der Waals surface area contributed by atoms with Crippen molar-refractivity contribution < 1.29 is 4.74 Å². The van der Waals surface area contributed by atoms with Crippen LogP contribution in [0, 0.1) is 0 Å². The van der Waals surface area contributed by atoms with Crippen LogP contribution in [0.25, 0.3) is 5.69 Å². The average Bonchev–Trinajstić information content (AvgIpc) is 2.86. The molecule has 1 aromatic heterocycles. The van der Waals surface area contributed by atoms with Crippen LogP contribution in [0.4, 0.5) is 0 Å². The fourth-order valence-electron chi connectivity index (χ4n) is 1.75. The summed E-state index contributed by atoms with van der Waals surface area (Å²) in [6.45, 7) is 7.56. The zero-order chi connectivity index (χ0) is 13.7. The molecule has 0 spiro atoms. The highest BCUT2D eigenvalue weighted by molar-refractivity contribution is 5.37. The number of nitrogens with zero attached hydrogens (tertiary/aromatic N) is 3. The molecule has 0 aliphatic carbocycles. The topological polar surface area (TPSA) is 52.0 Å². The summed E-state index contributed by atoms with van der Waals surface area (Å²) in [4.78, 5) is 4.28. The van der Waals surface area contributed by atoms with Gasteiger partial charge in [-0.3, -0.25) is 0 Å². The molecule has 2 rings (SSSR count). The molecule has 1 aromatic carbocycles. The molecule has 0 bridgehead atoms. The first-order valence-corrected chi connectivity index (χ1v) is 6.56. The van der Waals surface area contributed by atoms with Crippen molar-refractivity contribution in [3.8, 4) is 11.4 Å². The van der Waals surface area contributed by atoms with E-state index in [9.17, 15) is 0 Å². The lowest BCUT2D eigenvalue weighted by Gasteiger charge is -2.10. The maximum Gasteiger partial charge on any atom is 0.146 e. The van der Waals surface area contributed by atoms with Crippen molar-refractivity contribution in [2.75, 3.05) is 6.61 Å².